The van der Waals surface area contributed by atoms with E-state index in [1.807, 2.05) is 38.1 Å². The lowest BCUT2D eigenvalue weighted by Gasteiger charge is -2.26. The van der Waals surface area contributed by atoms with Gasteiger partial charge in [-0.05, 0) is 134 Å². The molecule has 0 amide bonds. The number of hydrogen-bond donors (Lipinski definition) is 0. The average molecular weight is 678 g/mol. The Morgan fingerprint density at radius 2 is 0.961 bits per heavy atom. The normalized spacial score (nSPS) is 12.0. The number of rotatable bonds is 13. The van der Waals surface area contributed by atoms with Gasteiger partial charge < -0.3 is 14.4 Å². The maximum absolute atomic E-state index is 12.3. The molecule has 0 aliphatic heterocycles. The second-order valence-electron chi connectivity index (χ2n) is 13.1. The molecule has 0 saturated heterocycles. The highest BCUT2D eigenvalue weighted by Gasteiger charge is 2.19. The van der Waals surface area contributed by atoms with E-state index in [9.17, 15) is 9.59 Å². The van der Waals surface area contributed by atoms with Gasteiger partial charge >= 0.3 is 11.9 Å². The SMILES string of the molecule is C=C(C)C(=O)OC(CC)c1cccc(-c2ccc(N(c3ccc(-c4cccc(C(CC)OC(=O)C(=C)C)c4)cc3)c3ccc(C)c(C)c3)cc2)c1. The van der Waals surface area contributed by atoms with Crippen molar-refractivity contribution in [3.05, 3.63) is 162 Å². The van der Waals surface area contributed by atoms with Crippen molar-refractivity contribution in [3.8, 4) is 22.3 Å². The summed E-state index contributed by atoms with van der Waals surface area (Å²) in [6.07, 6.45) is 0.652. The summed E-state index contributed by atoms with van der Waals surface area (Å²) in [4.78, 5) is 26.8. The first-order chi connectivity index (χ1) is 24.5. The molecule has 0 N–H and O–H groups in total. The molecule has 0 bridgehead atoms. The zero-order valence-corrected chi connectivity index (χ0v) is 30.5. The topological polar surface area (TPSA) is 55.8 Å². The van der Waals surface area contributed by atoms with Gasteiger partial charge in [0.05, 0.1) is 0 Å². The molecule has 51 heavy (non-hydrogen) atoms. The molecule has 0 aliphatic carbocycles. The Bertz CT molecular complexity index is 1920. The summed E-state index contributed by atoms with van der Waals surface area (Å²) in [7, 11) is 0. The van der Waals surface area contributed by atoms with Gasteiger partial charge in [-0.3, -0.25) is 0 Å². The molecule has 5 aromatic carbocycles. The Balaban J connectivity index is 1.46. The Morgan fingerprint density at radius 1 is 0.549 bits per heavy atom. The van der Waals surface area contributed by atoms with Crippen LogP contribution in [0.1, 0.15) is 75.0 Å². The molecule has 2 atom stereocenters. The third-order valence-electron chi connectivity index (χ3n) is 9.12. The minimum Gasteiger partial charge on any atom is -0.454 e. The Kier molecular flexibility index (Phi) is 11.7. The van der Waals surface area contributed by atoms with E-state index < -0.39 is 0 Å². The van der Waals surface area contributed by atoms with Crippen molar-refractivity contribution >= 4 is 29.0 Å². The summed E-state index contributed by atoms with van der Waals surface area (Å²) < 4.78 is 11.4. The zero-order chi connectivity index (χ0) is 36.7. The van der Waals surface area contributed by atoms with Crippen molar-refractivity contribution in [2.75, 3.05) is 4.90 Å². The van der Waals surface area contributed by atoms with Gasteiger partial charge in [-0.1, -0.05) is 93.7 Å². The fourth-order valence-electron chi connectivity index (χ4n) is 5.99. The number of benzene rings is 5. The maximum atomic E-state index is 12.3. The molecule has 0 radical (unpaired) electrons. The molecule has 5 heteroatoms. The fraction of sp³-hybridized carbons (Fsp3) is 0.217. The van der Waals surface area contributed by atoms with Gasteiger partial charge in [0.1, 0.15) is 12.2 Å². The number of carbonyl (C=O) groups is 2. The second-order valence-corrected chi connectivity index (χ2v) is 13.1. The molecule has 0 fully saturated rings. The highest BCUT2D eigenvalue weighted by molar-refractivity contribution is 5.87. The van der Waals surface area contributed by atoms with Gasteiger partial charge in [-0.2, -0.15) is 0 Å². The lowest BCUT2D eigenvalue weighted by Crippen LogP contribution is -2.11. The van der Waals surface area contributed by atoms with Crippen LogP contribution >= 0.6 is 0 Å². The summed E-state index contributed by atoms with van der Waals surface area (Å²) in [5.41, 5.74) is 12.5. The predicted molar refractivity (Wildman–Crippen MR) is 209 cm³/mol. The zero-order valence-electron chi connectivity index (χ0n) is 30.5. The van der Waals surface area contributed by atoms with Crippen LogP contribution in [0.5, 0.6) is 0 Å². The van der Waals surface area contributed by atoms with E-state index in [-0.39, 0.29) is 24.1 Å². The highest BCUT2D eigenvalue weighted by Crippen LogP contribution is 2.38. The first-order valence-electron chi connectivity index (χ1n) is 17.5. The number of hydrogen-bond acceptors (Lipinski definition) is 5. The van der Waals surface area contributed by atoms with Crippen molar-refractivity contribution in [1.82, 2.24) is 0 Å². The number of carbonyl (C=O) groups excluding carboxylic acids is 2. The van der Waals surface area contributed by atoms with Crippen LogP contribution in [0.15, 0.2) is 140 Å². The van der Waals surface area contributed by atoms with Crippen LogP contribution < -0.4 is 4.90 Å². The van der Waals surface area contributed by atoms with Crippen LogP contribution in [0.25, 0.3) is 22.3 Å². The molecule has 260 valence electrons. The van der Waals surface area contributed by atoms with Crippen LogP contribution in [0, 0.1) is 13.8 Å². The number of esters is 2. The summed E-state index contributed by atoms with van der Waals surface area (Å²) in [6, 6.07) is 40.0. The molecule has 5 aromatic rings. The van der Waals surface area contributed by atoms with Crippen LogP contribution in [0.3, 0.4) is 0 Å². The quantitative estimate of drug-likeness (QED) is 0.0917. The van der Waals surface area contributed by atoms with E-state index in [0.717, 1.165) is 50.4 Å². The van der Waals surface area contributed by atoms with Gasteiger partial charge in [0.15, 0.2) is 0 Å². The van der Waals surface area contributed by atoms with E-state index in [4.69, 9.17) is 9.47 Å². The molecule has 5 rings (SSSR count). The number of ether oxygens (including phenoxy) is 2. The van der Waals surface area contributed by atoms with Gasteiger partial charge in [0.2, 0.25) is 0 Å². The van der Waals surface area contributed by atoms with Crippen molar-refractivity contribution in [3.63, 3.8) is 0 Å². The molecule has 0 saturated carbocycles. The monoisotopic (exact) mass is 677 g/mol. The van der Waals surface area contributed by atoms with Crippen LogP contribution in [-0.2, 0) is 19.1 Å². The standard InChI is InChI=1S/C46H47NO4/c1-9-43(50-45(48)30(3)4)38-15-11-13-36(28-38)34-18-23-40(24-19-34)47(42-22-17-32(7)33(8)27-42)41-25-20-35(21-26-41)37-14-12-16-39(29-37)44(10-2)51-46(49)31(5)6/h11-29,43-44H,3,5,9-10H2,1-2,4,6-8H3. The van der Waals surface area contributed by atoms with Gasteiger partial charge in [-0.15, -0.1) is 0 Å². The maximum Gasteiger partial charge on any atom is 0.333 e. The molecular formula is C46H47NO4. The van der Waals surface area contributed by atoms with Crippen molar-refractivity contribution in [1.29, 1.82) is 0 Å². The van der Waals surface area contributed by atoms with E-state index in [1.165, 1.54) is 11.1 Å². The van der Waals surface area contributed by atoms with E-state index in [0.29, 0.717) is 24.0 Å². The van der Waals surface area contributed by atoms with E-state index in [2.05, 4.69) is 123 Å². The predicted octanol–water partition coefficient (Wildman–Crippen LogP) is 12.2. The third-order valence-corrected chi connectivity index (χ3v) is 9.12. The number of aryl methyl sites for hydroxylation is 2. The van der Waals surface area contributed by atoms with Gasteiger partial charge in [0.25, 0.3) is 0 Å². The Hall–Kier alpha value is -5.68. The first-order valence-corrected chi connectivity index (χ1v) is 17.5. The summed E-state index contributed by atoms with van der Waals surface area (Å²) in [5.74, 6) is -0.757. The van der Waals surface area contributed by atoms with Crippen LogP contribution in [-0.4, -0.2) is 11.9 Å². The lowest BCUT2D eigenvalue weighted by atomic mass is 9.98. The molecule has 5 nitrogen and oxygen atoms in total. The molecule has 0 heterocycles. The number of anilines is 3. The molecule has 0 spiro atoms. The minimum absolute atomic E-state index is 0.341. The summed E-state index contributed by atoms with van der Waals surface area (Å²) in [6.45, 7) is 19.1. The second kappa shape index (κ2) is 16.4. The van der Waals surface area contributed by atoms with E-state index >= 15 is 0 Å². The fourth-order valence-corrected chi connectivity index (χ4v) is 5.99. The molecule has 2 unspecified atom stereocenters. The van der Waals surface area contributed by atoms with Gasteiger partial charge in [0, 0.05) is 28.2 Å². The van der Waals surface area contributed by atoms with Crippen LogP contribution in [0.2, 0.25) is 0 Å². The molecule has 0 aliphatic rings. The summed E-state index contributed by atoms with van der Waals surface area (Å²) >= 11 is 0. The molecule has 0 aromatic heterocycles. The van der Waals surface area contributed by atoms with E-state index in [1.54, 1.807) is 13.8 Å². The van der Waals surface area contributed by atoms with Crippen molar-refractivity contribution in [2.24, 2.45) is 0 Å². The van der Waals surface area contributed by atoms with Crippen molar-refractivity contribution < 1.29 is 19.1 Å². The summed E-state index contributed by atoms with van der Waals surface area (Å²) in [5, 5.41) is 0. The smallest absolute Gasteiger partial charge is 0.333 e. The largest absolute Gasteiger partial charge is 0.454 e. The van der Waals surface area contributed by atoms with Crippen LogP contribution in [0.4, 0.5) is 17.1 Å². The average Bonchev–Trinajstić information content (AvgIpc) is 3.14. The first kappa shape index (κ1) is 36.6. The van der Waals surface area contributed by atoms with Crippen molar-refractivity contribution in [2.45, 2.75) is 66.6 Å². The molecular weight excluding hydrogens is 631 g/mol. The lowest BCUT2D eigenvalue weighted by molar-refractivity contribution is -0.145. The minimum atomic E-state index is -0.378. The number of nitrogens with zero attached hydrogens (tertiary/aromatic N) is 1. The third kappa shape index (κ3) is 8.74. The Labute approximate surface area is 302 Å². The van der Waals surface area contributed by atoms with Gasteiger partial charge in [-0.25, -0.2) is 9.59 Å². The highest BCUT2D eigenvalue weighted by atomic mass is 16.5. The Morgan fingerprint density at radius 3 is 1.33 bits per heavy atom.